The Morgan fingerprint density at radius 2 is 1.93 bits per heavy atom. The Hall–Kier alpha value is -0.420. The van der Waals surface area contributed by atoms with E-state index in [1.54, 1.807) is 6.92 Å². The van der Waals surface area contributed by atoms with Gasteiger partial charge in [-0.3, -0.25) is 4.79 Å². The summed E-state index contributed by atoms with van der Waals surface area (Å²) >= 11 is 0. The second kappa shape index (κ2) is 4.89. The van der Waals surface area contributed by atoms with Gasteiger partial charge in [0.2, 0.25) is 0 Å². The molecule has 0 aromatic rings. The summed E-state index contributed by atoms with van der Waals surface area (Å²) in [6.07, 6.45) is 1.35. The first-order valence-corrected chi connectivity index (χ1v) is 6.59. The maximum Gasteiger partial charge on any atom is 0.160 e. The van der Waals surface area contributed by atoms with Crippen molar-refractivity contribution in [3.05, 3.63) is 0 Å². The quantitative estimate of drug-likeness (QED) is 0.694. The standard InChI is InChI=1S/C9H16O4S/c1-2-8(10)7-14(11,12)9-3-5-13-6-4-9/h9H,2-7H2,1H3. The van der Waals surface area contributed by atoms with Gasteiger partial charge < -0.3 is 4.74 Å². The van der Waals surface area contributed by atoms with Crippen molar-refractivity contribution in [3.8, 4) is 0 Å². The van der Waals surface area contributed by atoms with E-state index in [1.165, 1.54) is 0 Å². The summed E-state index contributed by atoms with van der Waals surface area (Å²) in [5.74, 6) is -0.495. The van der Waals surface area contributed by atoms with Gasteiger partial charge in [0.15, 0.2) is 9.84 Å². The predicted octanol–water partition coefficient (Wildman–Crippen LogP) is 0.559. The first-order chi connectivity index (χ1) is 6.56. The zero-order valence-corrected chi connectivity index (χ0v) is 9.18. The second-order valence-corrected chi connectivity index (χ2v) is 5.79. The van der Waals surface area contributed by atoms with E-state index in [0.29, 0.717) is 32.5 Å². The van der Waals surface area contributed by atoms with E-state index in [-0.39, 0.29) is 16.8 Å². The lowest BCUT2D eigenvalue weighted by atomic mass is 10.2. The molecule has 1 heterocycles. The van der Waals surface area contributed by atoms with Gasteiger partial charge in [-0.2, -0.15) is 0 Å². The molecule has 1 aliphatic heterocycles. The molecule has 5 heteroatoms. The third-order valence-electron chi connectivity index (χ3n) is 2.43. The third-order valence-corrected chi connectivity index (χ3v) is 4.64. The number of rotatable bonds is 4. The summed E-state index contributed by atoms with van der Waals surface area (Å²) in [7, 11) is -3.22. The van der Waals surface area contributed by atoms with Crippen LogP contribution in [-0.4, -0.2) is 38.4 Å². The molecule has 4 nitrogen and oxygen atoms in total. The second-order valence-electron chi connectivity index (χ2n) is 3.51. The Balaban J connectivity index is 2.59. The summed E-state index contributed by atoms with van der Waals surface area (Å²) in [5.41, 5.74) is 0. The van der Waals surface area contributed by atoms with Crippen LogP contribution in [0, 0.1) is 0 Å². The van der Waals surface area contributed by atoms with Crippen LogP contribution in [0.3, 0.4) is 0 Å². The van der Waals surface area contributed by atoms with E-state index in [1.807, 2.05) is 0 Å². The van der Waals surface area contributed by atoms with Crippen LogP contribution in [0.25, 0.3) is 0 Å². The van der Waals surface area contributed by atoms with Crippen LogP contribution < -0.4 is 0 Å². The van der Waals surface area contributed by atoms with Gasteiger partial charge in [0.1, 0.15) is 11.5 Å². The molecule has 1 aliphatic rings. The summed E-state index contributed by atoms with van der Waals surface area (Å²) < 4.78 is 28.4. The fourth-order valence-corrected chi connectivity index (χ4v) is 3.28. The number of hydrogen-bond acceptors (Lipinski definition) is 4. The van der Waals surface area contributed by atoms with Gasteiger partial charge in [0, 0.05) is 19.6 Å². The first-order valence-electron chi connectivity index (χ1n) is 4.87. The highest BCUT2D eigenvalue weighted by Crippen LogP contribution is 2.16. The first kappa shape index (κ1) is 11.7. The number of hydrogen-bond donors (Lipinski definition) is 0. The molecule has 1 fully saturated rings. The van der Waals surface area contributed by atoms with Crippen LogP contribution in [0.1, 0.15) is 26.2 Å². The number of ether oxygens (including phenoxy) is 1. The van der Waals surface area contributed by atoms with Gasteiger partial charge in [-0.15, -0.1) is 0 Å². The van der Waals surface area contributed by atoms with Crippen molar-refractivity contribution in [2.24, 2.45) is 0 Å². The van der Waals surface area contributed by atoms with Gasteiger partial charge in [-0.25, -0.2) is 8.42 Å². The van der Waals surface area contributed by atoms with Gasteiger partial charge >= 0.3 is 0 Å². The van der Waals surface area contributed by atoms with Crippen LogP contribution in [-0.2, 0) is 19.4 Å². The Labute approximate surface area is 84.6 Å². The lowest BCUT2D eigenvalue weighted by Gasteiger charge is -2.21. The summed E-state index contributed by atoms with van der Waals surface area (Å²) in [5, 5.41) is -0.369. The van der Waals surface area contributed by atoms with Gasteiger partial charge in [-0.05, 0) is 12.8 Å². The third kappa shape index (κ3) is 3.06. The number of carbonyl (C=O) groups is 1. The molecule has 0 N–H and O–H groups in total. The molecule has 0 unspecified atom stereocenters. The molecule has 0 aliphatic carbocycles. The zero-order chi connectivity index (χ0) is 10.6. The maximum atomic E-state index is 11.7. The fourth-order valence-electron chi connectivity index (χ4n) is 1.48. The van der Waals surface area contributed by atoms with Gasteiger partial charge in [-0.1, -0.05) is 6.92 Å². The van der Waals surface area contributed by atoms with Crippen molar-refractivity contribution >= 4 is 15.6 Å². The average Bonchev–Trinajstić information content (AvgIpc) is 2.18. The largest absolute Gasteiger partial charge is 0.381 e. The smallest absolute Gasteiger partial charge is 0.160 e. The Morgan fingerprint density at radius 1 is 1.36 bits per heavy atom. The minimum Gasteiger partial charge on any atom is -0.381 e. The Morgan fingerprint density at radius 3 is 2.43 bits per heavy atom. The normalized spacial score (nSPS) is 19.5. The number of Topliss-reactive ketones (excluding diaryl/α,β-unsaturated/α-hetero) is 1. The zero-order valence-electron chi connectivity index (χ0n) is 8.36. The van der Waals surface area contributed by atoms with E-state index in [9.17, 15) is 13.2 Å². The molecule has 0 atom stereocenters. The molecule has 1 saturated heterocycles. The molecular formula is C9H16O4S. The minimum atomic E-state index is -3.22. The molecule has 0 amide bonds. The topological polar surface area (TPSA) is 60.4 Å². The van der Waals surface area contributed by atoms with Crippen LogP contribution in [0.5, 0.6) is 0 Å². The Kier molecular flexibility index (Phi) is 4.07. The number of ketones is 1. The van der Waals surface area contributed by atoms with E-state index < -0.39 is 9.84 Å². The van der Waals surface area contributed by atoms with Crippen molar-refractivity contribution < 1.29 is 17.9 Å². The molecule has 0 aromatic carbocycles. The van der Waals surface area contributed by atoms with E-state index in [0.717, 1.165) is 0 Å². The molecule has 0 spiro atoms. The highest BCUT2D eigenvalue weighted by Gasteiger charge is 2.28. The van der Waals surface area contributed by atoms with Crippen LogP contribution in [0.2, 0.25) is 0 Å². The van der Waals surface area contributed by atoms with Crippen molar-refractivity contribution in [2.75, 3.05) is 19.0 Å². The van der Waals surface area contributed by atoms with E-state index >= 15 is 0 Å². The van der Waals surface area contributed by atoms with Gasteiger partial charge in [0.05, 0.1) is 5.25 Å². The van der Waals surface area contributed by atoms with Crippen molar-refractivity contribution in [1.29, 1.82) is 0 Å². The molecule has 0 aromatic heterocycles. The monoisotopic (exact) mass is 220 g/mol. The molecule has 0 radical (unpaired) electrons. The van der Waals surface area contributed by atoms with Crippen LogP contribution >= 0.6 is 0 Å². The highest BCUT2D eigenvalue weighted by molar-refractivity contribution is 7.92. The predicted molar refractivity (Wildman–Crippen MR) is 52.9 cm³/mol. The minimum absolute atomic E-state index is 0.198. The van der Waals surface area contributed by atoms with Crippen LogP contribution in [0.4, 0.5) is 0 Å². The number of carbonyl (C=O) groups excluding carboxylic acids is 1. The van der Waals surface area contributed by atoms with Gasteiger partial charge in [0.25, 0.3) is 0 Å². The van der Waals surface area contributed by atoms with Crippen molar-refractivity contribution in [3.63, 3.8) is 0 Å². The molecule has 82 valence electrons. The lowest BCUT2D eigenvalue weighted by molar-refractivity contribution is -0.116. The van der Waals surface area contributed by atoms with Crippen molar-refractivity contribution in [1.82, 2.24) is 0 Å². The SMILES string of the molecule is CCC(=O)CS(=O)(=O)C1CCOCC1. The molecule has 0 bridgehead atoms. The van der Waals surface area contributed by atoms with E-state index in [2.05, 4.69) is 0 Å². The molecule has 1 rings (SSSR count). The molecular weight excluding hydrogens is 204 g/mol. The maximum absolute atomic E-state index is 11.7. The average molecular weight is 220 g/mol. The van der Waals surface area contributed by atoms with Crippen molar-refractivity contribution in [2.45, 2.75) is 31.4 Å². The lowest BCUT2D eigenvalue weighted by Crippen LogP contribution is -2.32. The Bertz CT molecular complexity index is 288. The number of sulfone groups is 1. The molecule has 0 saturated carbocycles. The molecule has 14 heavy (non-hydrogen) atoms. The summed E-state index contributed by atoms with van der Waals surface area (Å²) in [4.78, 5) is 11.1. The fraction of sp³-hybridized carbons (Fsp3) is 0.889. The summed E-state index contributed by atoms with van der Waals surface area (Å²) in [6, 6.07) is 0. The highest BCUT2D eigenvalue weighted by atomic mass is 32.2. The van der Waals surface area contributed by atoms with Crippen LogP contribution in [0.15, 0.2) is 0 Å². The van der Waals surface area contributed by atoms with E-state index in [4.69, 9.17) is 4.74 Å². The summed E-state index contributed by atoms with van der Waals surface area (Å²) in [6.45, 7) is 2.66.